The average Bonchev–Trinajstić information content (AvgIpc) is 2.96. The first-order valence-electron chi connectivity index (χ1n) is 6.69. The molecule has 0 fully saturated rings. The number of para-hydroxylation sites is 1. The Morgan fingerprint density at radius 1 is 1.09 bits per heavy atom. The zero-order valence-electron chi connectivity index (χ0n) is 12.0. The molecular formula is C16H15N3O2S. The molecule has 0 aliphatic heterocycles. The van der Waals surface area contributed by atoms with Crippen LogP contribution in [0.3, 0.4) is 0 Å². The summed E-state index contributed by atoms with van der Waals surface area (Å²) in [6.45, 7) is 1.99. The second kappa shape index (κ2) is 5.40. The number of sulfonamides is 1. The number of nitrogens with zero attached hydrogens (tertiary/aromatic N) is 2. The van der Waals surface area contributed by atoms with E-state index in [4.69, 9.17) is 5.14 Å². The number of hydrogen-bond donors (Lipinski definition) is 1. The Labute approximate surface area is 129 Å². The fraction of sp³-hybridized carbons (Fsp3) is 0.0625. The predicted octanol–water partition coefficient (Wildman–Crippen LogP) is 2.50. The maximum atomic E-state index is 11.8. The summed E-state index contributed by atoms with van der Waals surface area (Å²) in [7, 11) is -3.81. The number of rotatable bonds is 3. The van der Waals surface area contributed by atoms with Gasteiger partial charge in [-0.15, -0.1) is 0 Å². The van der Waals surface area contributed by atoms with E-state index in [1.807, 2.05) is 35.9 Å². The van der Waals surface area contributed by atoms with E-state index in [0.717, 1.165) is 16.8 Å². The summed E-state index contributed by atoms with van der Waals surface area (Å²) < 4.78 is 25.4. The van der Waals surface area contributed by atoms with E-state index in [1.54, 1.807) is 30.6 Å². The Morgan fingerprint density at radius 2 is 1.86 bits per heavy atom. The summed E-state index contributed by atoms with van der Waals surface area (Å²) in [5.41, 5.74) is 3.38. The topological polar surface area (TPSA) is 78.0 Å². The van der Waals surface area contributed by atoms with Gasteiger partial charge in [-0.3, -0.25) is 4.98 Å². The molecule has 0 radical (unpaired) electrons. The number of nitrogens with two attached hydrogens (primary N) is 1. The second-order valence-corrected chi connectivity index (χ2v) is 6.50. The summed E-state index contributed by atoms with van der Waals surface area (Å²) >= 11 is 0. The lowest BCUT2D eigenvalue weighted by atomic mass is 10.1. The van der Waals surface area contributed by atoms with E-state index in [1.165, 1.54) is 6.07 Å². The van der Waals surface area contributed by atoms with E-state index < -0.39 is 10.0 Å². The first-order valence-corrected chi connectivity index (χ1v) is 8.23. The lowest BCUT2D eigenvalue weighted by Crippen LogP contribution is -2.15. The van der Waals surface area contributed by atoms with Crippen LogP contribution in [-0.2, 0) is 10.0 Å². The summed E-state index contributed by atoms with van der Waals surface area (Å²) in [4.78, 5) is 4.24. The molecule has 0 saturated heterocycles. The van der Waals surface area contributed by atoms with Crippen molar-refractivity contribution in [2.45, 2.75) is 11.8 Å². The molecule has 0 bridgehead atoms. The van der Waals surface area contributed by atoms with Gasteiger partial charge in [0, 0.05) is 24.2 Å². The van der Waals surface area contributed by atoms with Crippen molar-refractivity contribution in [2.24, 2.45) is 5.14 Å². The maximum absolute atomic E-state index is 11.8. The number of benzene rings is 1. The van der Waals surface area contributed by atoms with E-state index in [0.29, 0.717) is 5.69 Å². The van der Waals surface area contributed by atoms with Gasteiger partial charge in [0.25, 0.3) is 0 Å². The highest BCUT2D eigenvalue weighted by Gasteiger charge is 2.17. The second-order valence-electron chi connectivity index (χ2n) is 4.97. The first-order chi connectivity index (χ1) is 10.5. The van der Waals surface area contributed by atoms with Crippen LogP contribution in [-0.4, -0.2) is 18.0 Å². The number of pyridine rings is 1. The van der Waals surface area contributed by atoms with Gasteiger partial charge in [0.15, 0.2) is 0 Å². The predicted molar refractivity (Wildman–Crippen MR) is 85.1 cm³/mol. The number of aromatic nitrogens is 2. The van der Waals surface area contributed by atoms with Gasteiger partial charge in [-0.2, -0.15) is 0 Å². The smallest absolute Gasteiger partial charge is 0.240 e. The van der Waals surface area contributed by atoms with Crippen molar-refractivity contribution in [1.82, 2.24) is 9.55 Å². The molecule has 2 heterocycles. The summed E-state index contributed by atoms with van der Waals surface area (Å²) in [6.07, 6.45) is 5.30. The molecule has 0 aliphatic rings. The monoisotopic (exact) mass is 313 g/mol. The van der Waals surface area contributed by atoms with Crippen molar-refractivity contribution in [1.29, 1.82) is 0 Å². The fourth-order valence-electron chi connectivity index (χ4n) is 2.44. The zero-order valence-corrected chi connectivity index (χ0v) is 12.8. The maximum Gasteiger partial charge on any atom is 0.240 e. The van der Waals surface area contributed by atoms with Crippen molar-refractivity contribution in [3.8, 4) is 16.9 Å². The van der Waals surface area contributed by atoms with Crippen LogP contribution < -0.4 is 5.14 Å². The molecule has 22 heavy (non-hydrogen) atoms. The molecule has 2 aromatic heterocycles. The van der Waals surface area contributed by atoms with Crippen molar-refractivity contribution < 1.29 is 8.42 Å². The molecule has 3 aromatic rings. The van der Waals surface area contributed by atoms with Gasteiger partial charge in [0.05, 0.1) is 11.4 Å². The van der Waals surface area contributed by atoms with Gasteiger partial charge < -0.3 is 4.57 Å². The Hall–Kier alpha value is -2.44. The van der Waals surface area contributed by atoms with Crippen LogP contribution in [0.1, 0.15) is 5.56 Å². The van der Waals surface area contributed by atoms with Crippen LogP contribution >= 0.6 is 0 Å². The molecule has 0 unspecified atom stereocenters. The van der Waals surface area contributed by atoms with E-state index >= 15 is 0 Å². The van der Waals surface area contributed by atoms with Crippen molar-refractivity contribution in [3.05, 3.63) is 66.6 Å². The molecule has 1 aromatic carbocycles. The third-order valence-corrected chi connectivity index (χ3v) is 4.45. The summed E-state index contributed by atoms with van der Waals surface area (Å²) in [6, 6.07) is 12.4. The fourth-order valence-corrected chi connectivity index (χ4v) is 3.17. The van der Waals surface area contributed by atoms with Gasteiger partial charge in [-0.05, 0) is 42.8 Å². The Bertz CT molecular complexity index is 930. The summed E-state index contributed by atoms with van der Waals surface area (Å²) in [5, 5.41) is 5.33. The molecule has 0 spiro atoms. The van der Waals surface area contributed by atoms with Crippen LogP contribution in [0, 0.1) is 6.92 Å². The first kappa shape index (κ1) is 14.5. The standard InChI is InChI=1S/C16H15N3O2S/c1-12-8-9-18-11-13(12)14-6-4-10-19(14)15-5-2-3-7-16(15)22(17,20)21/h2-11H,1H3,(H2,17,20,21). The number of aryl methyl sites for hydroxylation is 1. The normalized spacial score (nSPS) is 11.5. The van der Waals surface area contributed by atoms with Crippen LogP contribution in [0.4, 0.5) is 0 Å². The van der Waals surface area contributed by atoms with Crippen LogP contribution in [0.2, 0.25) is 0 Å². The molecule has 0 atom stereocenters. The molecule has 0 saturated carbocycles. The third kappa shape index (κ3) is 2.54. The molecular weight excluding hydrogens is 298 g/mol. The van der Waals surface area contributed by atoms with Gasteiger partial charge in [0.1, 0.15) is 4.90 Å². The van der Waals surface area contributed by atoms with Gasteiger partial charge in [0.2, 0.25) is 10.0 Å². The Morgan fingerprint density at radius 3 is 2.59 bits per heavy atom. The quantitative estimate of drug-likeness (QED) is 0.807. The third-order valence-electron chi connectivity index (χ3n) is 3.50. The molecule has 3 rings (SSSR count). The minimum Gasteiger partial charge on any atom is -0.315 e. The molecule has 0 amide bonds. The van der Waals surface area contributed by atoms with E-state index in [-0.39, 0.29) is 4.90 Å². The van der Waals surface area contributed by atoms with Gasteiger partial charge in [-0.25, -0.2) is 13.6 Å². The molecule has 2 N–H and O–H groups in total. The number of hydrogen-bond acceptors (Lipinski definition) is 3. The summed E-state index contributed by atoms with van der Waals surface area (Å²) in [5.74, 6) is 0. The minimum atomic E-state index is -3.81. The minimum absolute atomic E-state index is 0.0917. The highest BCUT2D eigenvalue weighted by atomic mass is 32.2. The molecule has 0 aliphatic carbocycles. The Balaban J connectivity index is 2.26. The van der Waals surface area contributed by atoms with Crippen LogP contribution in [0.5, 0.6) is 0 Å². The molecule has 112 valence electrons. The van der Waals surface area contributed by atoms with Gasteiger partial charge in [-0.1, -0.05) is 12.1 Å². The van der Waals surface area contributed by atoms with Crippen molar-refractivity contribution in [2.75, 3.05) is 0 Å². The number of primary sulfonamides is 1. The van der Waals surface area contributed by atoms with E-state index in [9.17, 15) is 8.42 Å². The lowest BCUT2D eigenvalue weighted by molar-refractivity contribution is 0.597. The lowest BCUT2D eigenvalue weighted by Gasteiger charge is -2.14. The Kier molecular flexibility index (Phi) is 3.56. The molecule has 6 heteroatoms. The van der Waals surface area contributed by atoms with Gasteiger partial charge >= 0.3 is 0 Å². The average molecular weight is 313 g/mol. The largest absolute Gasteiger partial charge is 0.315 e. The van der Waals surface area contributed by atoms with Crippen molar-refractivity contribution >= 4 is 10.0 Å². The highest BCUT2D eigenvalue weighted by molar-refractivity contribution is 7.89. The van der Waals surface area contributed by atoms with E-state index in [2.05, 4.69) is 4.98 Å². The van der Waals surface area contributed by atoms with Crippen LogP contribution in [0.25, 0.3) is 16.9 Å². The SMILES string of the molecule is Cc1ccncc1-c1cccn1-c1ccccc1S(N)(=O)=O. The van der Waals surface area contributed by atoms with Crippen molar-refractivity contribution in [3.63, 3.8) is 0 Å². The highest BCUT2D eigenvalue weighted by Crippen LogP contribution is 2.28. The molecule has 5 nitrogen and oxygen atoms in total. The van der Waals surface area contributed by atoms with Crippen LogP contribution in [0.15, 0.2) is 66.0 Å². The zero-order chi connectivity index (χ0) is 15.7.